The van der Waals surface area contributed by atoms with E-state index >= 15 is 0 Å². The van der Waals surface area contributed by atoms with Crippen LogP contribution in [0.4, 0.5) is 11.4 Å². The molecule has 0 fully saturated rings. The van der Waals surface area contributed by atoms with Crippen LogP contribution in [0.15, 0.2) is 24.3 Å². The van der Waals surface area contributed by atoms with Crippen LogP contribution in [-0.2, 0) is 0 Å². The molecular weight excluding hydrogens is 368 g/mol. The minimum atomic E-state index is -0.662. The van der Waals surface area contributed by atoms with Gasteiger partial charge in [0.15, 0.2) is 0 Å². The van der Waals surface area contributed by atoms with E-state index in [1.54, 1.807) is 12.1 Å². The maximum absolute atomic E-state index is 11.6. The van der Waals surface area contributed by atoms with E-state index < -0.39 is 16.6 Å². The summed E-state index contributed by atoms with van der Waals surface area (Å²) in [6.45, 7) is 7.71. The van der Waals surface area contributed by atoms with Crippen molar-refractivity contribution in [2.45, 2.75) is 45.3 Å². The fraction of sp³-hybridized carbons (Fsp3) is 0.400. The Bertz CT molecular complexity index is 927. The predicted octanol–water partition coefficient (Wildman–Crippen LogP) is 4.90. The molecule has 6 nitrogen and oxygen atoms in total. The summed E-state index contributed by atoms with van der Waals surface area (Å²) >= 11 is 6.76. The first kappa shape index (κ1) is 19.5. The summed E-state index contributed by atoms with van der Waals surface area (Å²) in [5.41, 5.74) is 2.80. The molecule has 2 aromatic carbocycles. The van der Waals surface area contributed by atoms with E-state index in [-0.39, 0.29) is 11.6 Å². The molecule has 0 aromatic heterocycles. The molecule has 7 heteroatoms. The molecule has 1 aliphatic heterocycles. The van der Waals surface area contributed by atoms with Crippen molar-refractivity contribution in [1.82, 2.24) is 0 Å². The van der Waals surface area contributed by atoms with E-state index in [9.17, 15) is 15.2 Å². The fourth-order valence-electron chi connectivity index (χ4n) is 3.89. The van der Waals surface area contributed by atoms with Crippen LogP contribution in [0, 0.1) is 17.0 Å². The number of hydrogen-bond donors (Lipinski definition) is 2. The van der Waals surface area contributed by atoms with Gasteiger partial charge in [-0.1, -0.05) is 24.6 Å². The number of nitro benzene ring substituents is 1. The smallest absolute Gasteiger partial charge is 0.280 e. The van der Waals surface area contributed by atoms with Gasteiger partial charge >= 0.3 is 0 Å². The van der Waals surface area contributed by atoms with E-state index in [1.807, 2.05) is 33.8 Å². The van der Waals surface area contributed by atoms with Crippen molar-refractivity contribution in [1.29, 1.82) is 0 Å². The lowest BCUT2D eigenvalue weighted by atomic mass is 9.77. The third kappa shape index (κ3) is 3.03. The normalized spacial score (nSPS) is 20.6. The standard InChI is InChI=1S/C20H23ClN2O4/c1-10-9-12(16-13(23(25)26)7-6-8-14(16)27-5)17(21)15-11(2)19(24)20(3,4)22-18(10)15/h6-9,11,19,22,24H,1-5H3/t11-,19+/m1/s1. The highest BCUT2D eigenvalue weighted by atomic mass is 35.5. The number of aliphatic hydroxyl groups is 1. The minimum Gasteiger partial charge on any atom is -0.496 e. The molecule has 27 heavy (non-hydrogen) atoms. The Balaban J connectivity index is 2.34. The van der Waals surface area contributed by atoms with E-state index in [2.05, 4.69) is 5.32 Å². The topological polar surface area (TPSA) is 84.6 Å². The lowest BCUT2D eigenvalue weighted by Crippen LogP contribution is -2.50. The number of benzene rings is 2. The minimum absolute atomic E-state index is 0.0760. The maximum Gasteiger partial charge on any atom is 0.280 e. The Labute approximate surface area is 163 Å². The lowest BCUT2D eigenvalue weighted by molar-refractivity contribution is -0.384. The van der Waals surface area contributed by atoms with Crippen LogP contribution in [0.1, 0.15) is 37.8 Å². The molecule has 2 N–H and O–H groups in total. The number of hydrogen-bond acceptors (Lipinski definition) is 5. The SMILES string of the molecule is COc1cccc([N+](=O)[O-])c1-c1cc(C)c2c(c1Cl)[C@@H](C)[C@H](O)C(C)(C)N2. The van der Waals surface area contributed by atoms with Crippen molar-refractivity contribution in [2.75, 3.05) is 12.4 Å². The number of nitrogens with zero attached hydrogens (tertiary/aromatic N) is 1. The third-order valence-electron chi connectivity index (χ3n) is 5.30. The van der Waals surface area contributed by atoms with Crippen LogP contribution in [0.5, 0.6) is 5.75 Å². The number of methoxy groups -OCH3 is 1. The summed E-state index contributed by atoms with van der Waals surface area (Å²) in [7, 11) is 1.47. The van der Waals surface area contributed by atoms with E-state index in [0.717, 1.165) is 16.8 Å². The quantitative estimate of drug-likeness (QED) is 0.575. The third-order valence-corrected chi connectivity index (χ3v) is 5.71. The number of nitro groups is 1. The number of rotatable bonds is 3. The monoisotopic (exact) mass is 390 g/mol. The molecule has 144 valence electrons. The average Bonchev–Trinajstić information content (AvgIpc) is 2.61. The summed E-state index contributed by atoms with van der Waals surface area (Å²) < 4.78 is 5.38. The molecule has 0 spiro atoms. The van der Waals surface area contributed by atoms with Gasteiger partial charge in [-0.15, -0.1) is 0 Å². The van der Waals surface area contributed by atoms with Crippen molar-refractivity contribution in [3.8, 4) is 16.9 Å². The predicted molar refractivity (Wildman–Crippen MR) is 107 cm³/mol. The molecule has 1 heterocycles. The van der Waals surface area contributed by atoms with Gasteiger partial charge in [-0.3, -0.25) is 10.1 Å². The zero-order valence-corrected chi connectivity index (χ0v) is 16.7. The Kier molecular flexibility index (Phi) is 4.82. The van der Waals surface area contributed by atoms with Crippen molar-refractivity contribution in [2.24, 2.45) is 0 Å². The first-order valence-electron chi connectivity index (χ1n) is 8.71. The first-order valence-corrected chi connectivity index (χ1v) is 9.09. The lowest BCUT2D eigenvalue weighted by Gasteiger charge is -2.43. The summed E-state index contributed by atoms with van der Waals surface area (Å²) in [6, 6.07) is 6.52. The van der Waals surface area contributed by atoms with Crippen LogP contribution in [0.2, 0.25) is 5.02 Å². The van der Waals surface area contributed by atoms with Gasteiger partial charge in [-0.05, 0) is 38.5 Å². The van der Waals surface area contributed by atoms with Gasteiger partial charge < -0.3 is 15.2 Å². The van der Waals surface area contributed by atoms with Crippen molar-refractivity contribution in [3.05, 3.63) is 50.5 Å². The molecule has 0 saturated carbocycles. The van der Waals surface area contributed by atoms with E-state index in [0.29, 0.717) is 21.9 Å². The van der Waals surface area contributed by atoms with Crippen molar-refractivity contribution >= 4 is 23.0 Å². The van der Waals surface area contributed by atoms with Crippen molar-refractivity contribution < 1.29 is 14.8 Å². The largest absolute Gasteiger partial charge is 0.496 e. The highest BCUT2D eigenvalue weighted by Crippen LogP contribution is 2.50. The van der Waals surface area contributed by atoms with Gasteiger partial charge in [0.2, 0.25) is 0 Å². The number of halogens is 1. The zero-order chi connectivity index (χ0) is 20.1. The highest BCUT2D eigenvalue weighted by Gasteiger charge is 2.41. The number of aliphatic hydroxyl groups excluding tert-OH is 1. The molecule has 3 rings (SSSR count). The summed E-state index contributed by atoms with van der Waals surface area (Å²) in [6.07, 6.45) is -0.662. The van der Waals surface area contributed by atoms with E-state index in [4.69, 9.17) is 16.3 Å². The number of aryl methyl sites for hydroxylation is 1. The Hall–Kier alpha value is -2.31. The van der Waals surface area contributed by atoms with Crippen LogP contribution < -0.4 is 10.1 Å². The molecule has 2 atom stereocenters. The van der Waals surface area contributed by atoms with Gasteiger partial charge in [0.05, 0.1) is 28.7 Å². The fourth-order valence-corrected chi connectivity index (χ4v) is 4.30. The number of anilines is 1. The molecule has 0 bridgehead atoms. The molecule has 0 radical (unpaired) electrons. The van der Waals surface area contributed by atoms with Gasteiger partial charge in [-0.25, -0.2) is 0 Å². The molecule has 0 aliphatic carbocycles. The molecule has 0 saturated heterocycles. The van der Waals surface area contributed by atoms with Crippen LogP contribution in [0.25, 0.3) is 11.1 Å². The van der Waals surface area contributed by atoms with E-state index in [1.165, 1.54) is 13.2 Å². The second kappa shape index (κ2) is 6.69. The molecular formula is C20H23ClN2O4. The molecule has 1 aliphatic rings. The molecule has 0 amide bonds. The Morgan fingerprint density at radius 2 is 2.04 bits per heavy atom. The highest BCUT2D eigenvalue weighted by molar-refractivity contribution is 6.35. The molecule has 2 aromatic rings. The number of ether oxygens (including phenoxy) is 1. The van der Waals surface area contributed by atoms with Crippen molar-refractivity contribution in [3.63, 3.8) is 0 Å². The van der Waals surface area contributed by atoms with Gasteiger partial charge in [0.1, 0.15) is 11.3 Å². The first-order chi connectivity index (χ1) is 12.6. The summed E-state index contributed by atoms with van der Waals surface area (Å²) in [4.78, 5) is 11.2. The Morgan fingerprint density at radius 1 is 1.37 bits per heavy atom. The Morgan fingerprint density at radius 3 is 2.63 bits per heavy atom. The van der Waals surface area contributed by atoms with Crippen LogP contribution in [0.3, 0.4) is 0 Å². The summed E-state index contributed by atoms with van der Waals surface area (Å²) in [5, 5.41) is 26.1. The van der Waals surface area contributed by atoms with Gasteiger partial charge in [0.25, 0.3) is 5.69 Å². The van der Waals surface area contributed by atoms with Crippen LogP contribution in [-0.4, -0.2) is 28.8 Å². The average molecular weight is 391 g/mol. The number of nitrogens with one attached hydrogen (secondary N) is 1. The van der Waals surface area contributed by atoms with Gasteiger partial charge in [-0.2, -0.15) is 0 Å². The number of fused-ring (bicyclic) bond motifs is 1. The molecule has 0 unspecified atom stereocenters. The van der Waals surface area contributed by atoms with Crippen LogP contribution >= 0.6 is 11.6 Å². The second-order valence-corrected chi connectivity index (χ2v) is 7.91. The summed E-state index contributed by atoms with van der Waals surface area (Å²) in [5.74, 6) is 0.138. The van der Waals surface area contributed by atoms with Gasteiger partial charge in [0, 0.05) is 28.8 Å². The maximum atomic E-state index is 11.6. The zero-order valence-electron chi connectivity index (χ0n) is 16.0. The second-order valence-electron chi connectivity index (χ2n) is 7.54.